The fraction of sp³-hybridized carbons (Fsp3) is 0.222. The van der Waals surface area contributed by atoms with Crippen LogP contribution in [0.4, 0.5) is 17.6 Å². The van der Waals surface area contributed by atoms with E-state index in [0.717, 1.165) is 12.1 Å². The summed E-state index contributed by atoms with van der Waals surface area (Å²) >= 11 is 4.70. The van der Waals surface area contributed by atoms with Crippen LogP contribution in [0, 0.1) is 5.82 Å². The first-order valence-electron chi connectivity index (χ1n) is 3.70. The van der Waals surface area contributed by atoms with Crippen molar-refractivity contribution in [1.82, 2.24) is 0 Å². The maximum absolute atomic E-state index is 12.8. The minimum Gasteiger partial charge on any atom is -0.206 e. The summed E-state index contributed by atoms with van der Waals surface area (Å²) in [5, 5.41) is 0. The van der Waals surface area contributed by atoms with E-state index in [-0.39, 0.29) is 5.56 Å². The van der Waals surface area contributed by atoms with Crippen LogP contribution in [0.2, 0.25) is 0 Å². The van der Waals surface area contributed by atoms with Gasteiger partial charge in [0.25, 0.3) is 0 Å². The summed E-state index contributed by atoms with van der Waals surface area (Å²) in [5.41, 5.74) is -1.06. The summed E-state index contributed by atoms with van der Waals surface area (Å²) in [6.45, 7) is 1.49. The monoisotopic (exact) mass is 222 g/mol. The molecule has 0 unspecified atom stereocenters. The zero-order valence-electron chi connectivity index (χ0n) is 7.15. The van der Waals surface area contributed by atoms with Gasteiger partial charge in [0.2, 0.25) is 0 Å². The standard InChI is InChI=1S/C9H6F4S/c1-5(14)6-2-3-8(10)7(4-6)9(11,12)13/h2-4H,1H3. The predicted octanol–water partition coefficient (Wildman–Crippen LogP) is 3.58. The molecule has 0 amide bonds. The van der Waals surface area contributed by atoms with E-state index in [4.69, 9.17) is 12.2 Å². The topological polar surface area (TPSA) is 0 Å². The highest BCUT2D eigenvalue weighted by Gasteiger charge is 2.34. The fourth-order valence-corrected chi connectivity index (χ4v) is 1.09. The Balaban J connectivity index is 3.29. The van der Waals surface area contributed by atoms with E-state index in [2.05, 4.69) is 0 Å². The third-order valence-electron chi connectivity index (χ3n) is 1.68. The van der Waals surface area contributed by atoms with Gasteiger partial charge in [0.1, 0.15) is 5.82 Å². The molecule has 0 spiro atoms. The molecule has 0 heterocycles. The first kappa shape index (κ1) is 11.1. The second kappa shape index (κ2) is 3.65. The van der Waals surface area contributed by atoms with Gasteiger partial charge in [0.15, 0.2) is 0 Å². The maximum Gasteiger partial charge on any atom is 0.419 e. The molecule has 0 nitrogen and oxygen atoms in total. The van der Waals surface area contributed by atoms with Crippen LogP contribution in [0.5, 0.6) is 0 Å². The lowest BCUT2D eigenvalue weighted by atomic mass is 10.1. The Bertz CT molecular complexity index is 368. The van der Waals surface area contributed by atoms with E-state index in [1.165, 1.54) is 13.0 Å². The van der Waals surface area contributed by atoms with E-state index in [1.807, 2.05) is 0 Å². The van der Waals surface area contributed by atoms with E-state index in [0.29, 0.717) is 4.86 Å². The highest BCUT2D eigenvalue weighted by atomic mass is 32.1. The Labute approximate surface area is 83.5 Å². The molecule has 0 aliphatic carbocycles. The molecule has 0 N–H and O–H groups in total. The molecule has 5 heteroatoms. The molecular weight excluding hydrogens is 216 g/mol. The fourth-order valence-electron chi connectivity index (χ4n) is 0.962. The summed E-state index contributed by atoms with van der Waals surface area (Å²) in [6, 6.07) is 2.72. The third kappa shape index (κ3) is 2.29. The van der Waals surface area contributed by atoms with Gasteiger partial charge < -0.3 is 0 Å². The maximum atomic E-state index is 12.8. The summed E-state index contributed by atoms with van der Waals surface area (Å²) in [7, 11) is 0. The van der Waals surface area contributed by atoms with Gasteiger partial charge in [-0.25, -0.2) is 4.39 Å². The number of alkyl halides is 3. The van der Waals surface area contributed by atoms with Gasteiger partial charge >= 0.3 is 6.18 Å². The van der Waals surface area contributed by atoms with Crippen molar-refractivity contribution in [2.45, 2.75) is 13.1 Å². The molecule has 76 valence electrons. The molecule has 1 aromatic rings. The van der Waals surface area contributed by atoms with Crippen LogP contribution in [0.3, 0.4) is 0 Å². The summed E-state index contributed by atoms with van der Waals surface area (Å²) in [4.78, 5) is 0.301. The number of rotatable bonds is 1. The Morgan fingerprint density at radius 3 is 2.29 bits per heavy atom. The number of hydrogen-bond acceptors (Lipinski definition) is 1. The van der Waals surface area contributed by atoms with Crippen LogP contribution in [0.25, 0.3) is 0 Å². The molecule has 0 aliphatic rings. The molecule has 14 heavy (non-hydrogen) atoms. The van der Waals surface area contributed by atoms with Gasteiger partial charge in [-0.1, -0.05) is 18.3 Å². The second-order valence-corrected chi connectivity index (χ2v) is 3.36. The van der Waals surface area contributed by atoms with Gasteiger partial charge in [0, 0.05) is 4.86 Å². The smallest absolute Gasteiger partial charge is 0.206 e. The molecule has 0 atom stereocenters. The molecule has 0 saturated carbocycles. The van der Waals surface area contributed by atoms with E-state index < -0.39 is 17.6 Å². The van der Waals surface area contributed by atoms with Crippen molar-refractivity contribution in [3.05, 3.63) is 35.1 Å². The number of thiocarbonyl (C=S) groups is 1. The van der Waals surface area contributed by atoms with Crippen LogP contribution in [0.15, 0.2) is 18.2 Å². The molecule has 1 rings (SSSR count). The second-order valence-electron chi connectivity index (χ2n) is 2.75. The Morgan fingerprint density at radius 1 is 1.29 bits per heavy atom. The molecule has 0 aromatic heterocycles. The molecule has 1 aromatic carbocycles. The largest absolute Gasteiger partial charge is 0.419 e. The van der Waals surface area contributed by atoms with Gasteiger partial charge in [-0.05, 0) is 24.6 Å². The van der Waals surface area contributed by atoms with Crippen molar-refractivity contribution >= 4 is 17.1 Å². The predicted molar refractivity (Wildman–Crippen MR) is 48.8 cm³/mol. The number of halogens is 4. The van der Waals surface area contributed by atoms with Crippen molar-refractivity contribution in [2.75, 3.05) is 0 Å². The van der Waals surface area contributed by atoms with Crippen molar-refractivity contribution in [2.24, 2.45) is 0 Å². The molecule has 0 bridgehead atoms. The quantitative estimate of drug-likeness (QED) is 0.397. The van der Waals surface area contributed by atoms with Crippen molar-refractivity contribution in [1.29, 1.82) is 0 Å². The van der Waals surface area contributed by atoms with Crippen LogP contribution in [0.1, 0.15) is 18.1 Å². The third-order valence-corrected chi connectivity index (χ3v) is 1.91. The van der Waals surface area contributed by atoms with Crippen LogP contribution < -0.4 is 0 Å². The Morgan fingerprint density at radius 2 is 1.86 bits per heavy atom. The summed E-state index contributed by atoms with van der Waals surface area (Å²) < 4.78 is 49.4. The van der Waals surface area contributed by atoms with Crippen LogP contribution >= 0.6 is 12.2 Å². The summed E-state index contributed by atoms with van der Waals surface area (Å²) in [6.07, 6.45) is -4.68. The first-order valence-corrected chi connectivity index (χ1v) is 4.11. The van der Waals surface area contributed by atoms with Crippen molar-refractivity contribution in [3.63, 3.8) is 0 Å². The molecule has 0 aliphatic heterocycles. The molecule has 0 saturated heterocycles. The number of benzene rings is 1. The molecular formula is C9H6F4S. The SMILES string of the molecule is CC(=S)c1ccc(F)c(C(F)(F)F)c1. The van der Waals surface area contributed by atoms with Crippen molar-refractivity contribution in [3.8, 4) is 0 Å². The first-order chi connectivity index (χ1) is 6.32. The zero-order chi connectivity index (χ0) is 10.9. The van der Waals surface area contributed by atoms with Gasteiger partial charge in [-0.15, -0.1) is 0 Å². The Kier molecular flexibility index (Phi) is 2.89. The Hall–Kier alpha value is -0.970. The van der Waals surface area contributed by atoms with E-state index in [1.54, 1.807) is 0 Å². The minimum atomic E-state index is -4.68. The average Bonchev–Trinajstić information content (AvgIpc) is 2.02. The van der Waals surface area contributed by atoms with Crippen molar-refractivity contribution < 1.29 is 17.6 Å². The molecule has 0 fully saturated rings. The van der Waals surface area contributed by atoms with Gasteiger partial charge in [0.05, 0.1) is 5.56 Å². The highest BCUT2D eigenvalue weighted by Crippen LogP contribution is 2.31. The lowest BCUT2D eigenvalue weighted by molar-refractivity contribution is -0.140. The normalized spacial score (nSPS) is 11.5. The number of hydrogen-bond donors (Lipinski definition) is 0. The van der Waals surface area contributed by atoms with Gasteiger partial charge in [-0.3, -0.25) is 0 Å². The van der Waals surface area contributed by atoms with Crippen LogP contribution in [-0.4, -0.2) is 4.86 Å². The zero-order valence-corrected chi connectivity index (χ0v) is 7.97. The summed E-state index contributed by atoms with van der Waals surface area (Å²) in [5.74, 6) is -1.28. The van der Waals surface area contributed by atoms with Crippen LogP contribution in [-0.2, 0) is 6.18 Å². The van der Waals surface area contributed by atoms with E-state index in [9.17, 15) is 17.6 Å². The molecule has 0 radical (unpaired) electrons. The lowest BCUT2D eigenvalue weighted by Gasteiger charge is -2.09. The minimum absolute atomic E-state index is 0.216. The van der Waals surface area contributed by atoms with E-state index >= 15 is 0 Å². The lowest BCUT2D eigenvalue weighted by Crippen LogP contribution is -2.09. The highest BCUT2D eigenvalue weighted by molar-refractivity contribution is 7.80. The van der Waals surface area contributed by atoms with Gasteiger partial charge in [-0.2, -0.15) is 13.2 Å². The average molecular weight is 222 g/mol.